The summed E-state index contributed by atoms with van der Waals surface area (Å²) in [6.45, 7) is 4.04. The summed E-state index contributed by atoms with van der Waals surface area (Å²) in [5, 5.41) is 0.352. The molecule has 1 fully saturated rings. The van der Waals surface area contributed by atoms with Crippen molar-refractivity contribution in [2.24, 2.45) is 0 Å². The van der Waals surface area contributed by atoms with Crippen LogP contribution in [-0.4, -0.2) is 49.1 Å². The number of benzene rings is 1. The van der Waals surface area contributed by atoms with E-state index in [0.29, 0.717) is 18.0 Å². The van der Waals surface area contributed by atoms with Crippen LogP contribution in [0.5, 0.6) is 5.88 Å². The summed E-state index contributed by atoms with van der Waals surface area (Å²) < 4.78 is 45.7. The highest BCUT2D eigenvalue weighted by Crippen LogP contribution is 2.31. The number of ketones is 1. The number of esters is 1. The molecule has 10 heteroatoms. The van der Waals surface area contributed by atoms with E-state index in [4.69, 9.17) is 25.8 Å². The molecule has 2 heterocycles. The average Bonchev–Trinajstić information content (AvgIpc) is 3.28. The fourth-order valence-electron chi connectivity index (χ4n) is 3.62. The van der Waals surface area contributed by atoms with Crippen molar-refractivity contribution in [3.8, 4) is 5.88 Å². The number of carbonyl (C=O) groups is 2. The summed E-state index contributed by atoms with van der Waals surface area (Å²) in [5.74, 6) is -3.51. The molecular formula is C24H25ClF2N2O5. The van der Waals surface area contributed by atoms with Gasteiger partial charge in [0.05, 0.1) is 30.5 Å². The first-order valence-electron chi connectivity index (χ1n) is 10.9. The smallest absolute Gasteiger partial charge is 0.345 e. The second-order valence-electron chi connectivity index (χ2n) is 7.41. The minimum absolute atomic E-state index is 0.00117. The van der Waals surface area contributed by atoms with E-state index >= 15 is 8.78 Å². The van der Waals surface area contributed by atoms with Crippen molar-refractivity contribution >= 4 is 29.0 Å². The van der Waals surface area contributed by atoms with Crippen LogP contribution in [0.2, 0.25) is 5.02 Å². The molecule has 182 valence electrons. The zero-order chi connectivity index (χ0) is 24.7. The lowest BCUT2D eigenvalue weighted by molar-refractivity contribution is -0.138. The van der Waals surface area contributed by atoms with Gasteiger partial charge in [0.25, 0.3) is 0 Å². The second-order valence-corrected chi connectivity index (χ2v) is 7.82. The Labute approximate surface area is 201 Å². The van der Waals surface area contributed by atoms with Gasteiger partial charge in [-0.1, -0.05) is 11.6 Å². The molecule has 0 N–H and O–H groups in total. The van der Waals surface area contributed by atoms with Crippen molar-refractivity contribution in [3.63, 3.8) is 0 Å². The van der Waals surface area contributed by atoms with Crippen LogP contribution in [0.1, 0.15) is 37.0 Å². The number of hydrogen-bond acceptors (Lipinski definition) is 7. The van der Waals surface area contributed by atoms with Crippen molar-refractivity contribution in [2.45, 2.75) is 32.7 Å². The molecule has 1 atom stereocenters. The zero-order valence-corrected chi connectivity index (χ0v) is 19.6. The van der Waals surface area contributed by atoms with Gasteiger partial charge in [-0.25, -0.2) is 18.6 Å². The van der Waals surface area contributed by atoms with Gasteiger partial charge < -0.3 is 19.1 Å². The molecule has 2 aromatic rings. The van der Waals surface area contributed by atoms with Crippen molar-refractivity contribution in [1.82, 2.24) is 4.98 Å². The third-order valence-electron chi connectivity index (χ3n) is 5.21. The standard InChI is InChI=1S/C24H25ClF2N2O5/c1-3-32-14-17(24(31)33-4-2)22(30)16-11-20(27)21(12-19(16)26)29-10-6-7-15(29)13-34-23-18(25)8-5-9-28-23/h5,8-9,11-12,14-15H,3-4,6-7,10,13H2,1-2H3/b17-14-/t15-/m1/s1. The Morgan fingerprint density at radius 2 is 2.03 bits per heavy atom. The van der Waals surface area contributed by atoms with Gasteiger partial charge in [0.2, 0.25) is 11.7 Å². The lowest BCUT2D eigenvalue weighted by Gasteiger charge is -2.27. The number of rotatable bonds is 10. The van der Waals surface area contributed by atoms with Crippen LogP contribution < -0.4 is 9.64 Å². The number of ether oxygens (including phenoxy) is 3. The number of nitrogens with zero attached hydrogens (tertiary/aromatic N) is 2. The van der Waals surface area contributed by atoms with Crippen LogP contribution in [0.3, 0.4) is 0 Å². The molecule has 0 bridgehead atoms. The van der Waals surface area contributed by atoms with E-state index in [0.717, 1.165) is 24.8 Å². The predicted octanol–water partition coefficient (Wildman–Crippen LogP) is 4.73. The van der Waals surface area contributed by atoms with Crippen molar-refractivity contribution in [3.05, 3.63) is 64.5 Å². The van der Waals surface area contributed by atoms with Crippen LogP contribution in [0.15, 0.2) is 42.3 Å². The number of carbonyl (C=O) groups excluding carboxylic acids is 2. The molecular weight excluding hydrogens is 470 g/mol. The monoisotopic (exact) mass is 494 g/mol. The van der Waals surface area contributed by atoms with E-state index in [2.05, 4.69) is 4.98 Å². The molecule has 0 saturated carbocycles. The highest BCUT2D eigenvalue weighted by Gasteiger charge is 2.31. The number of halogens is 3. The highest BCUT2D eigenvalue weighted by molar-refractivity contribution is 6.31. The van der Waals surface area contributed by atoms with Crippen molar-refractivity contribution in [1.29, 1.82) is 0 Å². The first-order chi connectivity index (χ1) is 16.4. The van der Waals surface area contributed by atoms with Gasteiger partial charge >= 0.3 is 5.97 Å². The van der Waals surface area contributed by atoms with Gasteiger partial charge in [-0.05, 0) is 44.9 Å². The van der Waals surface area contributed by atoms with Crippen LogP contribution in [0, 0.1) is 11.6 Å². The normalized spacial score (nSPS) is 15.9. The third kappa shape index (κ3) is 5.83. The Morgan fingerprint density at radius 1 is 1.24 bits per heavy atom. The maximum atomic E-state index is 15.1. The summed E-state index contributed by atoms with van der Waals surface area (Å²) in [4.78, 5) is 30.7. The lowest BCUT2D eigenvalue weighted by atomic mass is 10.0. The largest absolute Gasteiger partial charge is 0.500 e. The molecule has 1 aromatic heterocycles. The molecule has 0 aliphatic carbocycles. The van der Waals surface area contributed by atoms with Crippen LogP contribution >= 0.6 is 11.6 Å². The summed E-state index contributed by atoms with van der Waals surface area (Å²) in [6.07, 6.45) is 3.89. The van der Waals surface area contributed by atoms with Gasteiger partial charge in [-0.15, -0.1) is 0 Å². The Balaban J connectivity index is 1.83. The molecule has 3 rings (SSSR count). The molecule has 7 nitrogen and oxygen atoms in total. The third-order valence-corrected chi connectivity index (χ3v) is 5.50. The SMILES string of the molecule is CCO/C=C(\C(=O)OCC)C(=O)c1cc(F)c(N2CCC[C@@H]2COc2ncccc2Cl)cc1F. The minimum atomic E-state index is -1.03. The van der Waals surface area contributed by atoms with Crippen molar-refractivity contribution < 1.29 is 32.6 Å². The topological polar surface area (TPSA) is 78.0 Å². The molecule has 1 aliphatic rings. The number of hydrogen-bond donors (Lipinski definition) is 0. The maximum Gasteiger partial charge on any atom is 0.345 e. The summed E-state index contributed by atoms with van der Waals surface area (Å²) in [5.41, 5.74) is -1.11. The van der Waals surface area contributed by atoms with Gasteiger partial charge in [-0.2, -0.15) is 0 Å². The number of aromatic nitrogens is 1. The van der Waals surface area contributed by atoms with E-state index in [-0.39, 0.29) is 37.4 Å². The van der Waals surface area contributed by atoms with E-state index < -0.39 is 34.5 Å². The Kier molecular flexibility index (Phi) is 8.81. The Morgan fingerprint density at radius 3 is 2.74 bits per heavy atom. The first kappa shape index (κ1) is 25.4. The number of Topliss-reactive ketones (excluding diaryl/α,β-unsaturated/α-hetero) is 1. The Hall–Kier alpha value is -3.20. The van der Waals surface area contributed by atoms with Crippen LogP contribution in [0.4, 0.5) is 14.5 Å². The molecule has 0 radical (unpaired) electrons. The highest BCUT2D eigenvalue weighted by atomic mass is 35.5. The van der Waals surface area contributed by atoms with E-state index in [1.54, 1.807) is 37.1 Å². The predicted molar refractivity (Wildman–Crippen MR) is 122 cm³/mol. The number of pyridine rings is 1. The maximum absolute atomic E-state index is 15.1. The van der Waals surface area contributed by atoms with Crippen LogP contribution in [0.25, 0.3) is 0 Å². The second kappa shape index (κ2) is 11.8. The fraction of sp³-hybridized carbons (Fsp3) is 0.375. The molecule has 0 amide bonds. The van der Waals surface area contributed by atoms with Gasteiger partial charge in [-0.3, -0.25) is 4.79 Å². The quantitative estimate of drug-likeness (QED) is 0.118. The summed E-state index contributed by atoms with van der Waals surface area (Å²) in [6, 6.07) is 4.82. The van der Waals surface area contributed by atoms with Gasteiger partial charge in [0.1, 0.15) is 35.1 Å². The van der Waals surface area contributed by atoms with E-state index in [1.807, 2.05) is 0 Å². The fourth-order valence-corrected chi connectivity index (χ4v) is 3.80. The van der Waals surface area contributed by atoms with E-state index in [1.165, 1.54) is 0 Å². The van der Waals surface area contributed by atoms with Gasteiger partial charge in [0.15, 0.2) is 0 Å². The van der Waals surface area contributed by atoms with E-state index in [9.17, 15) is 9.59 Å². The summed E-state index contributed by atoms with van der Waals surface area (Å²) in [7, 11) is 0. The Bertz CT molecular complexity index is 1080. The molecule has 1 aliphatic heterocycles. The minimum Gasteiger partial charge on any atom is -0.500 e. The molecule has 34 heavy (non-hydrogen) atoms. The number of anilines is 1. The van der Waals surface area contributed by atoms with Crippen molar-refractivity contribution in [2.75, 3.05) is 31.3 Å². The average molecular weight is 495 g/mol. The molecule has 1 saturated heterocycles. The lowest BCUT2D eigenvalue weighted by Crippen LogP contribution is -2.35. The molecule has 0 unspecified atom stereocenters. The molecule has 1 aromatic carbocycles. The zero-order valence-electron chi connectivity index (χ0n) is 18.9. The summed E-state index contributed by atoms with van der Waals surface area (Å²) >= 11 is 6.07. The van der Waals surface area contributed by atoms with Crippen LogP contribution in [-0.2, 0) is 14.3 Å². The van der Waals surface area contributed by atoms with Gasteiger partial charge in [0, 0.05) is 18.8 Å². The molecule has 0 spiro atoms. The first-order valence-corrected chi connectivity index (χ1v) is 11.3.